The molecule has 1 fully saturated rings. The highest BCUT2D eigenvalue weighted by Gasteiger charge is 2.29. The van der Waals surface area contributed by atoms with Crippen LogP contribution in [0.1, 0.15) is 47.3 Å². The van der Waals surface area contributed by atoms with Crippen molar-refractivity contribution in [2.45, 2.75) is 32.7 Å². The number of carbonyl (C=O) groups is 2. The molecule has 2 aromatic rings. The lowest BCUT2D eigenvalue weighted by Gasteiger charge is -2.16. The first-order valence-corrected chi connectivity index (χ1v) is 8.52. The quantitative estimate of drug-likeness (QED) is 0.731. The van der Waals surface area contributed by atoms with Crippen LogP contribution in [0.2, 0.25) is 0 Å². The lowest BCUT2D eigenvalue weighted by Crippen LogP contribution is -2.27. The third-order valence-corrected chi connectivity index (χ3v) is 4.48. The highest BCUT2D eigenvalue weighted by Crippen LogP contribution is 2.30. The van der Waals surface area contributed by atoms with E-state index < -0.39 is 0 Å². The van der Waals surface area contributed by atoms with Crippen molar-refractivity contribution in [1.29, 1.82) is 0 Å². The van der Waals surface area contributed by atoms with Gasteiger partial charge in [-0.1, -0.05) is 18.2 Å². The van der Waals surface area contributed by atoms with Gasteiger partial charge in [0.1, 0.15) is 0 Å². The van der Waals surface area contributed by atoms with Crippen LogP contribution in [0.5, 0.6) is 0 Å². The summed E-state index contributed by atoms with van der Waals surface area (Å²) < 4.78 is 0. The first-order valence-electron chi connectivity index (χ1n) is 8.52. The molecule has 1 saturated carbocycles. The first kappa shape index (κ1) is 17.0. The summed E-state index contributed by atoms with van der Waals surface area (Å²) in [5, 5.41) is 5.90. The van der Waals surface area contributed by atoms with E-state index in [1.165, 1.54) is 0 Å². The highest BCUT2D eigenvalue weighted by molar-refractivity contribution is 5.96. The van der Waals surface area contributed by atoms with Crippen LogP contribution in [0.15, 0.2) is 42.5 Å². The number of hydrogen-bond donors (Lipinski definition) is 3. The summed E-state index contributed by atoms with van der Waals surface area (Å²) in [6.07, 6.45) is 1.97. The molecule has 2 amide bonds. The minimum atomic E-state index is -0.151. The molecule has 1 atom stereocenters. The molecule has 0 aromatic heterocycles. The summed E-state index contributed by atoms with van der Waals surface area (Å²) in [5.41, 5.74) is 9.57. The summed E-state index contributed by atoms with van der Waals surface area (Å²) in [4.78, 5) is 24.2. The van der Waals surface area contributed by atoms with Gasteiger partial charge < -0.3 is 16.4 Å². The molecule has 3 rings (SSSR count). The SMILES string of the molecule is Cc1ccc(N)cc1C(=O)NC(C)c1ccc(NC(=O)C2CC2)cc1. The van der Waals surface area contributed by atoms with Gasteiger partial charge in [-0.05, 0) is 62.1 Å². The maximum Gasteiger partial charge on any atom is 0.252 e. The molecule has 5 nitrogen and oxygen atoms in total. The number of benzene rings is 2. The Hall–Kier alpha value is -2.82. The van der Waals surface area contributed by atoms with Gasteiger partial charge in [-0.2, -0.15) is 0 Å². The van der Waals surface area contributed by atoms with Gasteiger partial charge in [0.05, 0.1) is 6.04 Å². The molecular formula is C20H23N3O2. The Bertz CT molecular complexity index is 795. The molecule has 0 radical (unpaired) electrons. The van der Waals surface area contributed by atoms with Crippen molar-refractivity contribution in [3.63, 3.8) is 0 Å². The molecule has 0 bridgehead atoms. The first-order chi connectivity index (χ1) is 11.9. The fraction of sp³-hybridized carbons (Fsp3) is 0.300. The number of nitrogens with one attached hydrogen (secondary N) is 2. The van der Waals surface area contributed by atoms with Gasteiger partial charge in [-0.15, -0.1) is 0 Å². The second-order valence-electron chi connectivity index (χ2n) is 6.66. The third kappa shape index (κ3) is 4.18. The lowest BCUT2D eigenvalue weighted by atomic mass is 10.0. The van der Waals surface area contributed by atoms with E-state index in [4.69, 9.17) is 5.73 Å². The number of hydrogen-bond acceptors (Lipinski definition) is 3. The Kier molecular flexibility index (Phi) is 4.74. The van der Waals surface area contributed by atoms with Crippen molar-refractivity contribution < 1.29 is 9.59 Å². The molecule has 0 aliphatic heterocycles. The molecule has 1 aliphatic carbocycles. The summed E-state index contributed by atoms with van der Waals surface area (Å²) in [6.45, 7) is 3.81. The molecule has 0 spiro atoms. The Morgan fingerprint density at radius 3 is 2.44 bits per heavy atom. The van der Waals surface area contributed by atoms with Gasteiger partial charge in [0.25, 0.3) is 5.91 Å². The average Bonchev–Trinajstić information content (AvgIpc) is 3.42. The number of anilines is 2. The van der Waals surface area contributed by atoms with E-state index in [1.807, 2.05) is 44.2 Å². The molecule has 25 heavy (non-hydrogen) atoms. The standard InChI is InChI=1S/C20H23N3O2/c1-12-3-8-16(21)11-18(12)20(25)22-13(2)14-6-9-17(10-7-14)23-19(24)15-4-5-15/h3,6-11,13,15H,4-5,21H2,1-2H3,(H,22,25)(H,23,24). The van der Waals surface area contributed by atoms with Gasteiger partial charge in [0.15, 0.2) is 0 Å². The molecule has 4 N–H and O–H groups in total. The predicted molar refractivity (Wildman–Crippen MR) is 99.3 cm³/mol. The van der Waals surface area contributed by atoms with Crippen molar-refractivity contribution in [3.8, 4) is 0 Å². The van der Waals surface area contributed by atoms with Crippen LogP contribution in [-0.4, -0.2) is 11.8 Å². The van der Waals surface area contributed by atoms with Crippen molar-refractivity contribution in [2.75, 3.05) is 11.1 Å². The van der Waals surface area contributed by atoms with Crippen LogP contribution >= 0.6 is 0 Å². The van der Waals surface area contributed by atoms with Crippen LogP contribution in [0, 0.1) is 12.8 Å². The van der Waals surface area contributed by atoms with E-state index in [2.05, 4.69) is 10.6 Å². The van der Waals surface area contributed by atoms with E-state index in [0.29, 0.717) is 11.3 Å². The Morgan fingerprint density at radius 2 is 1.80 bits per heavy atom. The van der Waals surface area contributed by atoms with Crippen LogP contribution < -0.4 is 16.4 Å². The van der Waals surface area contributed by atoms with E-state index >= 15 is 0 Å². The zero-order valence-electron chi connectivity index (χ0n) is 14.5. The summed E-state index contributed by atoms with van der Waals surface area (Å²) >= 11 is 0. The van der Waals surface area contributed by atoms with E-state index in [9.17, 15) is 9.59 Å². The molecule has 2 aromatic carbocycles. The number of nitrogen functional groups attached to an aromatic ring is 1. The second kappa shape index (κ2) is 6.97. The van der Waals surface area contributed by atoms with Gasteiger partial charge in [-0.25, -0.2) is 0 Å². The zero-order chi connectivity index (χ0) is 18.0. The molecule has 0 saturated heterocycles. The lowest BCUT2D eigenvalue weighted by molar-refractivity contribution is -0.117. The maximum atomic E-state index is 12.5. The fourth-order valence-corrected chi connectivity index (χ4v) is 2.69. The maximum absolute atomic E-state index is 12.5. The van der Waals surface area contributed by atoms with Gasteiger partial charge >= 0.3 is 0 Å². The normalized spacial score (nSPS) is 14.6. The van der Waals surface area contributed by atoms with E-state index in [-0.39, 0.29) is 23.8 Å². The van der Waals surface area contributed by atoms with E-state index in [1.54, 1.807) is 12.1 Å². The highest BCUT2D eigenvalue weighted by atomic mass is 16.2. The number of nitrogens with two attached hydrogens (primary N) is 1. The number of rotatable bonds is 5. The monoisotopic (exact) mass is 337 g/mol. The Balaban J connectivity index is 1.64. The molecular weight excluding hydrogens is 314 g/mol. The molecule has 1 aliphatic rings. The van der Waals surface area contributed by atoms with Crippen molar-refractivity contribution >= 4 is 23.2 Å². The van der Waals surface area contributed by atoms with Gasteiger partial charge in [0.2, 0.25) is 5.91 Å². The van der Waals surface area contributed by atoms with Crippen molar-refractivity contribution in [2.24, 2.45) is 5.92 Å². The van der Waals surface area contributed by atoms with E-state index in [0.717, 1.165) is 29.7 Å². The van der Waals surface area contributed by atoms with Crippen LogP contribution in [0.4, 0.5) is 11.4 Å². The average molecular weight is 337 g/mol. The smallest absolute Gasteiger partial charge is 0.252 e. The van der Waals surface area contributed by atoms with Crippen molar-refractivity contribution in [1.82, 2.24) is 5.32 Å². The topological polar surface area (TPSA) is 84.2 Å². The third-order valence-electron chi connectivity index (χ3n) is 4.48. The molecule has 5 heteroatoms. The second-order valence-corrected chi connectivity index (χ2v) is 6.66. The van der Waals surface area contributed by atoms with Crippen molar-refractivity contribution in [3.05, 3.63) is 59.2 Å². The van der Waals surface area contributed by atoms with Crippen LogP contribution in [0.3, 0.4) is 0 Å². The molecule has 130 valence electrons. The Labute approximate surface area is 147 Å². The fourth-order valence-electron chi connectivity index (χ4n) is 2.69. The minimum absolute atomic E-state index is 0.0891. The minimum Gasteiger partial charge on any atom is -0.399 e. The molecule has 0 heterocycles. The number of amides is 2. The number of carbonyl (C=O) groups excluding carboxylic acids is 2. The van der Waals surface area contributed by atoms with Crippen LogP contribution in [0.25, 0.3) is 0 Å². The van der Waals surface area contributed by atoms with Gasteiger partial charge in [0, 0.05) is 22.9 Å². The summed E-state index contributed by atoms with van der Waals surface area (Å²) in [5.74, 6) is 0.120. The largest absolute Gasteiger partial charge is 0.399 e. The summed E-state index contributed by atoms with van der Waals surface area (Å²) in [6, 6.07) is 12.7. The van der Waals surface area contributed by atoms with Crippen LogP contribution in [-0.2, 0) is 4.79 Å². The predicted octanol–water partition coefficient (Wildman–Crippen LogP) is 3.42. The zero-order valence-corrected chi connectivity index (χ0v) is 14.5. The molecule has 1 unspecified atom stereocenters. The Morgan fingerprint density at radius 1 is 1.12 bits per heavy atom. The summed E-state index contributed by atoms with van der Waals surface area (Å²) in [7, 11) is 0. The van der Waals surface area contributed by atoms with Gasteiger partial charge in [-0.3, -0.25) is 9.59 Å². The number of aryl methyl sites for hydroxylation is 1.